The Morgan fingerprint density at radius 1 is 0.562 bits per heavy atom. The highest BCUT2D eigenvalue weighted by Crippen LogP contribution is 2.85. The van der Waals surface area contributed by atoms with Crippen molar-refractivity contribution in [1.82, 2.24) is 0 Å². The van der Waals surface area contributed by atoms with Gasteiger partial charge in [-0.3, -0.25) is 0 Å². The van der Waals surface area contributed by atoms with E-state index in [2.05, 4.69) is 102 Å². The van der Waals surface area contributed by atoms with Crippen LogP contribution in [0.25, 0.3) is 10.9 Å². The molecule has 4 bridgehead atoms. The molecule has 2 heteroatoms. The van der Waals surface area contributed by atoms with E-state index in [0.717, 1.165) is 0 Å². The summed E-state index contributed by atoms with van der Waals surface area (Å²) < 4.78 is 0. The molecule has 0 aliphatic carbocycles. The first-order valence-electron chi connectivity index (χ1n) is 11.8. The normalized spacial score (nSPS) is 33.4. The minimum Gasteiger partial charge on any atom is -0.0622 e. The van der Waals surface area contributed by atoms with E-state index in [1.54, 1.807) is 43.5 Å². The van der Waals surface area contributed by atoms with Gasteiger partial charge in [0.15, 0.2) is 0 Å². The highest BCUT2D eigenvalue weighted by molar-refractivity contribution is 7.77. The largest absolute Gasteiger partial charge is 0.0622 e. The van der Waals surface area contributed by atoms with Gasteiger partial charge in [-0.2, -0.15) is 0 Å². The number of rotatable bonds is 3. The molecular weight excluding hydrogens is 422 g/mol. The number of fused-ring (bicyclic) bond motifs is 4. The lowest BCUT2D eigenvalue weighted by molar-refractivity contribution is 0.561. The van der Waals surface area contributed by atoms with Crippen LogP contribution in [0.3, 0.4) is 0 Å². The van der Waals surface area contributed by atoms with E-state index >= 15 is 0 Å². The summed E-state index contributed by atoms with van der Waals surface area (Å²) in [6, 6.07) is 22.5. The molecule has 162 valence electrons. The Hall–Kier alpha value is -1.74. The first-order valence-corrected chi connectivity index (χ1v) is 14.9. The molecule has 0 spiro atoms. The zero-order chi connectivity index (χ0) is 22.4. The minimum atomic E-state index is -0.333. The first-order chi connectivity index (χ1) is 15.3. The molecule has 2 aromatic rings. The lowest BCUT2D eigenvalue weighted by atomic mass is 9.73. The Bertz CT molecular complexity index is 1270. The van der Waals surface area contributed by atoms with Crippen LogP contribution in [-0.4, -0.2) is 12.3 Å². The summed E-state index contributed by atoms with van der Waals surface area (Å²) in [6.07, 6.45) is 2.64. The Balaban J connectivity index is 1.58. The average molecular weight is 455 g/mol. The molecule has 2 unspecified atom stereocenters. The molecule has 0 amide bonds. The predicted octanol–water partition coefficient (Wildman–Crippen LogP) is 9.43. The fraction of sp³-hybridized carbons (Fsp3) is 0.333. The summed E-state index contributed by atoms with van der Waals surface area (Å²) in [5, 5.41) is 6.93. The summed E-state index contributed by atoms with van der Waals surface area (Å²) in [7, 11) is -0.487. The van der Waals surface area contributed by atoms with Crippen molar-refractivity contribution in [2.45, 2.75) is 41.5 Å². The second kappa shape index (κ2) is 6.88. The monoisotopic (exact) mass is 454 g/mol. The molecule has 4 aliphatic heterocycles. The standard InChI is InChI=1S/C30H32P2/c1-19-22(4)31-17-29(19,5)20(2)26(31)27-21(3)30(6)18-32(27)28(24-15-11-8-12-16-24)25(30)23-13-9-7-10-14-23/h7-16H,17-18H2,1-6H3/t29-,30+,31?,32?/m1/s1. The lowest BCUT2D eigenvalue weighted by Crippen LogP contribution is -2.19. The van der Waals surface area contributed by atoms with Gasteiger partial charge in [0.25, 0.3) is 0 Å². The van der Waals surface area contributed by atoms with Gasteiger partial charge < -0.3 is 0 Å². The van der Waals surface area contributed by atoms with Crippen LogP contribution < -0.4 is 0 Å². The van der Waals surface area contributed by atoms with E-state index in [1.807, 2.05) is 0 Å². The third-order valence-electron chi connectivity index (χ3n) is 9.02. The topological polar surface area (TPSA) is 0 Å². The SMILES string of the molecule is CC1=C(C)[C@@]2(C)CP1C(C1=C(C)[C@]3(C)CP1C(c1ccccc1)=C3c1ccccc1)=C2C. The van der Waals surface area contributed by atoms with Gasteiger partial charge in [0.1, 0.15) is 0 Å². The molecule has 6 rings (SSSR count). The molecule has 0 nitrogen and oxygen atoms in total. The Kier molecular flexibility index (Phi) is 4.48. The summed E-state index contributed by atoms with van der Waals surface area (Å²) in [5.41, 5.74) is 9.92. The van der Waals surface area contributed by atoms with E-state index in [0.29, 0.717) is 5.41 Å². The van der Waals surface area contributed by atoms with Crippen molar-refractivity contribution in [3.63, 3.8) is 0 Å². The quantitative estimate of drug-likeness (QED) is 0.405. The van der Waals surface area contributed by atoms with Crippen LogP contribution in [0, 0.1) is 10.8 Å². The molecular formula is C30H32P2. The Morgan fingerprint density at radius 2 is 1.06 bits per heavy atom. The number of hydrogen-bond donors (Lipinski definition) is 0. The summed E-state index contributed by atoms with van der Waals surface area (Å²) in [5.74, 6) is 0. The highest BCUT2D eigenvalue weighted by atomic mass is 31.1. The zero-order valence-electron chi connectivity index (χ0n) is 20.1. The Morgan fingerprint density at radius 3 is 1.66 bits per heavy atom. The van der Waals surface area contributed by atoms with Crippen LogP contribution in [0.2, 0.25) is 0 Å². The van der Waals surface area contributed by atoms with Crippen LogP contribution in [-0.2, 0) is 0 Å². The summed E-state index contributed by atoms with van der Waals surface area (Å²) in [6.45, 7) is 14.8. The second-order valence-corrected chi connectivity index (χ2v) is 14.8. The molecule has 4 atom stereocenters. The van der Waals surface area contributed by atoms with Crippen molar-refractivity contribution < 1.29 is 0 Å². The van der Waals surface area contributed by atoms with Gasteiger partial charge in [-0.15, -0.1) is 0 Å². The molecule has 0 saturated heterocycles. The van der Waals surface area contributed by atoms with Gasteiger partial charge in [-0.25, -0.2) is 0 Å². The zero-order valence-corrected chi connectivity index (χ0v) is 21.9. The maximum atomic E-state index is 2.54. The Labute approximate surface area is 195 Å². The summed E-state index contributed by atoms with van der Waals surface area (Å²) in [4.78, 5) is 0. The van der Waals surface area contributed by atoms with Crippen molar-refractivity contribution >= 4 is 26.7 Å². The average Bonchev–Trinajstić information content (AvgIpc) is 3.43. The van der Waals surface area contributed by atoms with Crippen LogP contribution in [0.1, 0.15) is 52.7 Å². The van der Waals surface area contributed by atoms with E-state index in [-0.39, 0.29) is 21.3 Å². The molecule has 2 aromatic carbocycles. The second-order valence-electron chi connectivity index (χ2n) is 10.4. The first kappa shape index (κ1) is 20.8. The van der Waals surface area contributed by atoms with Gasteiger partial charge in [-0.1, -0.05) is 91.2 Å². The highest BCUT2D eigenvalue weighted by Gasteiger charge is 2.57. The van der Waals surface area contributed by atoms with E-state index in [4.69, 9.17) is 0 Å². The van der Waals surface area contributed by atoms with E-state index < -0.39 is 0 Å². The van der Waals surface area contributed by atoms with Crippen molar-refractivity contribution in [3.8, 4) is 0 Å². The van der Waals surface area contributed by atoms with Crippen molar-refractivity contribution in [2.24, 2.45) is 10.8 Å². The lowest BCUT2D eigenvalue weighted by Gasteiger charge is -2.34. The van der Waals surface area contributed by atoms with Gasteiger partial charge in [0.05, 0.1) is 0 Å². The molecule has 0 fully saturated rings. The van der Waals surface area contributed by atoms with Crippen molar-refractivity contribution in [1.29, 1.82) is 0 Å². The molecule has 0 saturated carbocycles. The number of benzene rings is 2. The molecule has 0 radical (unpaired) electrons. The molecule has 4 aliphatic rings. The fourth-order valence-electron chi connectivity index (χ4n) is 6.66. The van der Waals surface area contributed by atoms with Crippen LogP contribution in [0.5, 0.6) is 0 Å². The van der Waals surface area contributed by atoms with E-state index in [1.165, 1.54) is 23.5 Å². The van der Waals surface area contributed by atoms with Gasteiger partial charge in [0, 0.05) is 10.8 Å². The number of allylic oxidation sites excluding steroid dienone is 7. The maximum absolute atomic E-state index is 2.54. The number of hydrogen-bond acceptors (Lipinski definition) is 0. The fourth-order valence-corrected chi connectivity index (χ4v) is 14.7. The summed E-state index contributed by atoms with van der Waals surface area (Å²) >= 11 is 0. The third kappa shape index (κ3) is 2.47. The van der Waals surface area contributed by atoms with Crippen LogP contribution in [0.4, 0.5) is 0 Å². The smallest absolute Gasteiger partial charge is 0.0198 e. The van der Waals surface area contributed by atoms with Crippen molar-refractivity contribution in [2.75, 3.05) is 12.3 Å². The molecule has 32 heavy (non-hydrogen) atoms. The van der Waals surface area contributed by atoms with Gasteiger partial charge >= 0.3 is 0 Å². The van der Waals surface area contributed by atoms with E-state index in [9.17, 15) is 0 Å². The predicted molar refractivity (Wildman–Crippen MR) is 143 cm³/mol. The maximum Gasteiger partial charge on any atom is 0.0198 e. The van der Waals surface area contributed by atoms with Crippen LogP contribution >= 0.6 is 15.8 Å². The van der Waals surface area contributed by atoms with Gasteiger partial charge in [0.2, 0.25) is 0 Å². The molecule has 0 N–H and O–H groups in total. The molecule has 4 heterocycles. The van der Waals surface area contributed by atoms with Gasteiger partial charge in [-0.05, 0) is 93.8 Å². The minimum absolute atomic E-state index is 0.146. The third-order valence-corrected chi connectivity index (χ3v) is 15.5. The van der Waals surface area contributed by atoms with Crippen LogP contribution in [0.15, 0.2) is 93.3 Å². The molecule has 0 aromatic heterocycles. The van der Waals surface area contributed by atoms with Crippen molar-refractivity contribution in [3.05, 3.63) is 104 Å².